The summed E-state index contributed by atoms with van der Waals surface area (Å²) in [7, 11) is 0. The Kier molecular flexibility index (Phi) is 6.33. The maximum atomic E-state index is 9.54. The molecule has 0 aromatic heterocycles. The van der Waals surface area contributed by atoms with Crippen molar-refractivity contribution in [3.05, 3.63) is 28.2 Å². The van der Waals surface area contributed by atoms with Crippen LogP contribution in [0.1, 0.15) is 44.6 Å². The SMILES string of the molecule is CCCOc1ccc(Br)cc1CNC1CCC(O)CC1. The van der Waals surface area contributed by atoms with Gasteiger partial charge in [0, 0.05) is 22.6 Å². The molecule has 1 aliphatic rings. The fourth-order valence-corrected chi connectivity index (χ4v) is 2.98. The molecule has 1 aliphatic carbocycles. The summed E-state index contributed by atoms with van der Waals surface area (Å²) < 4.78 is 6.88. The van der Waals surface area contributed by atoms with Gasteiger partial charge < -0.3 is 15.2 Å². The van der Waals surface area contributed by atoms with Crippen LogP contribution < -0.4 is 10.1 Å². The van der Waals surface area contributed by atoms with E-state index in [9.17, 15) is 5.11 Å². The minimum atomic E-state index is -0.0950. The Bertz CT molecular complexity index is 417. The van der Waals surface area contributed by atoms with Gasteiger partial charge in [-0.15, -0.1) is 0 Å². The first kappa shape index (κ1) is 15.8. The van der Waals surface area contributed by atoms with Crippen molar-refractivity contribution in [1.82, 2.24) is 5.32 Å². The maximum Gasteiger partial charge on any atom is 0.123 e. The molecule has 0 saturated heterocycles. The molecule has 1 aromatic carbocycles. The van der Waals surface area contributed by atoms with Crippen molar-refractivity contribution in [2.24, 2.45) is 0 Å². The molecule has 1 saturated carbocycles. The minimum absolute atomic E-state index is 0.0950. The summed E-state index contributed by atoms with van der Waals surface area (Å²) in [6.45, 7) is 3.69. The highest BCUT2D eigenvalue weighted by atomic mass is 79.9. The molecule has 1 fully saturated rings. The second-order valence-electron chi connectivity index (χ2n) is 5.49. The molecule has 20 heavy (non-hydrogen) atoms. The summed E-state index contributed by atoms with van der Waals surface area (Å²) in [5.41, 5.74) is 1.19. The zero-order chi connectivity index (χ0) is 14.4. The number of aliphatic hydroxyl groups excluding tert-OH is 1. The number of ether oxygens (including phenoxy) is 1. The number of halogens is 1. The third kappa shape index (κ3) is 4.76. The number of hydrogen-bond acceptors (Lipinski definition) is 3. The molecule has 112 valence electrons. The van der Waals surface area contributed by atoms with Crippen LogP contribution in [-0.4, -0.2) is 23.9 Å². The molecule has 4 heteroatoms. The van der Waals surface area contributed by atoms with E-state index in [4.69, 9.17) is 4.74 Å². The summed E-state index contributed by atoms with van der Waals surface area (Å²) in [4.78, 5) is 0. The van der Waals surface area contributed by atoms with Crippen LogP contribution in [0.3, 0.4) is 0 Å². The number of aliphatic hydroxyl groups is 1. The zero-order valence-corrected chi connectivity index (χ0v) is 13.7. The molecular weight excluding hydrogens is 318 g/mol. The van der Waals surface area contributed by atoms with Gasteiger partial charge in [0.05, 0.1) is 12.7 Å². The lowest BCUT2D eigenvalue weighted by Gasteiger charge is -2.26. The Balaban J connectivity index is 1.92. The highest BCUT2D eigenvalue weighted by Gasteiger charge is 2.19. The molecule has 0 radical (unpaired) electrons. The van der Waals surface area contributed by atoms with Crippen molar-refractivity contribution in [3.63, 3.8) is 0 Å². The Morgan fingerprint density at radius 3 is 2.75 bits per heavy atom. The van der Waals surface area contributed by atoms with Gasteiger partial charge in [-0.1, -0.05) is 22.9 Å². The van der Waals surface area contributed by atoms with Gasteiger partial charge in [-0.25, -0.2) is 0 Å². The van der Waals surface area contributed by atoms with Gasteiger partial charge in [0.15, 0.2) is 0 Å². The van der Waals surface area contributed by atoms with Crippen molar-refractivity contribution in [2.45, 2.75) is 57.7 Å². The molecule has 0 amide bonds. The van der Waals surface area contributed by atoms with Crippen LogP contribution in [0.5, 0.6) is 5.75 Å². The lowest BCUT2D eigenvalue weighted by Crippen LogP contribution is -2.34. The average molecular weight is 342 g/mol. The summed E-state index contributed by atoms with van der Waals surface area (Å²) in [6.07, 6.45) is 4.86. The van der Waals surface area contributed by atoms with E-state index < -0.39 is 0 Å². The van der Waals surface area contributed by atoms with Gasteiger partial charge in [0.25, 0.3) is 0 Å². The van der Waals surface area contributed by atoms with E-state index in [2.05, 4.69) is 34.2 Å². The van der Waals surface area contributed by atoms with Crippen molar-refractivity contribution >= 4 is 15.9 Å². The van der Waals surface area contributed by atoms with Crippen LogP contribution >= 0.6 is 15.9 Å². The molecular formula is C16H24BrNO2. The van der Waals surface area contributed by atoms with E-state index in [1.807, 2.05) is 12.1 Å². The zero-order valence-electron chi connectivity index (χ0n) is 12.1. The number of nitrogens with one attached hydrogen (secondary N) is 1. The Hall–Kier alpha value is -0.580. The van der Waals surface area contributed by atoms with E-state index >= 15 is 0 Å². The lowest BCUT2D eigenvalue weighted by molar-refractivity contribution is 0.116. The second-order valence-corrected chi connectivity index (χ2v) is 6.40. The quantitative estimate of drug-likeness (QED) is 0.830. The van der Waals surface area contributed by atoms with E-state index in [1.165, 1.54) is 5.56 Å². The van der Waals surface area contributed by atoms with Crippen LogP contribution in [0.15, 0.2) is 22.7 Å². The van der Waals surface area contributed by atoms with Crippen molar-refractivity contribution < 1.29 is 9.84 Å². The summed E-state index contributed by atoms with van der Waals surface area (Å²) >= 11 is 3.52. The molecule has 1 aromatic rings. The molecule has 0 spiro atoms. The highest BCUT2D eigenvalue weighted by molar-refractivity contribution is 9.10. The van der Waals surface area contributed by atoms with Gasteiger partial charge in [-0.05, 0) is 50.3 Å². The highest BCUT2D eigenvalue weighted by Crippen LogP contribution is 2.25. The first-order valence-electron chi connectivity index (χ1n) is 7.51. The predicted molar refractivity (Wildman–Crippen MR) is 85.0 cm³/mol. The van der Waals surface area contributed by atoms with Gasteiger partial charge in [-0.2, -0.15) is 0 Å². The van der Waals surface area contributed by atoms with E-state index in [1.54, 1.807) is 0 Å². The Labute approximate surface area is 129 Å². The molecule has 2 N–H and O–H groups in total. The van der Waals surface area contributed by atoms with Crippen LogP contribution in [0.4, 0.5) is 0 Å². The minimum Gasteiger partial charge on any atom is -0.493 e. The van der Waals surface area contributed by atoms with Gasteiger partial charge in [-0.3, -0.25) is 0 Å². The number of hydrogen-bond donors (Lipinski definition) is 2. The van der Waals surface area contributed by atoms with Crippen LogP contribution in [-0.2, 0) is 6.54 Å². The van der Waals surface area contributed by atoms with Gasteiger partial charge in [0.1, 0.15) is 5.75 Å². The Morgan fingerprint density at radius 1 is 1.30 bits per heavy atom. The number of benzene rings is 1. The van der Waals surface area contributed by atoms with Crippen LogP contribution in [0.2, 0.25) is 0 Å². The topological polar surface area (TPSA) is 41.5 Å². The fourth-order valence-electron chi connectivity index (χ4n) is 2.57. The normalized spacial score (nSPS) is 22.8. The molecule has 2 rings (SSSR count). The molecule has 0 heterocycles. The fraction of sp³-hybridized carbons (Fsp3) is 0.625. The largest absolute Gasteiger partial charge is 0.493 e. The molecule has 0 bridgehead atoms. The third-order valence-electron chi connectivity index (χ3n) is 3.76. The van der Waals surface area contributed by atoms with E-state index in [0.29, 0.717) is 6.04 Å². The summed E-state index contributed by atoms with van der Waals surface area (Å²) in [5, 5.41) is 13.1. The van der Waals surface area contributed by atoms with Crippen molar-refractivity contribution in [1.29, 1.82) is 0 Å². The first-order valence-corrected chi connectivity index (χ1v) is 8.31. The summed E-state index contributed by atoms with van der Waals surface area (Å²) in [5.74, 6) is 0.971. The van der Waals surface area contributed by atoms with Crippen molar-refractivity contribution in [3.8, 4) is 5.75 Å². The Morgan fingerprint density at radius 2 is 2.05 bits per heavy atom. The lowest BCUT2D eigenvalue weighted by atomic mass is 9.93. The molecule has 0 aliphatic heterocycles. The van der Waals surface area contributed by atoms with Gasteiger partial charge >= 0.3 is 0 Å². The van der Waals surface area contributed by atoms with Crippen LogP contribution in [0.25, 0.3) is 0 Å². The molecule has 0 atom stereocenters. The smallest absolute Gasteiger partial charge is 0.123 e. The maximum absolute atomic E-state index is 9.54. The third-order valence-corrected chi connectivity index (χ3v) is 4.26. The van der Waals surface area contributed by atoms with Crippen molar-refractivity contribution in [2.75, 3.05) is 6.61 Å². The summed E-state index contributed by atoms with van der Waals surface area (Å²) in [6, 6.07) is 6.68. The van der Waals surface area contributed by atoms with Gasteiger partial charge in [0.2, 0.25) is 0 Å². The second kappa shape index (κ2) is 8.01. The van der Waals surface area contributed by atoms with E-state index in [0.717, 1.165) is 55.5 Å². The average Bonchev–Trinajstić information content (AvgIpc) is 2.46. The standard InChI is InChI=1S/C16H24BrNO2/c1-2-9-20-16-8-3-13(17)10-12(16)11-18-14-4-6-15(19)7-5-14/h3,8,10,14-15,18-19H,2,4-7,9,11H2,1H3. The first-order chi connectivity index (χ1) is 9.69. The molecule has 3 nitrogen and oxygen atoms in total. The van der Waals surface area contributed by atoms with Crippen LogP contribution in [0, 0.1) is 0 Å². The number of rotatable bonds is 6. The van der Waals surface area contributed by atoms with E-state index in [-0.39, 0.29) is 6.10 Å². The monoisotopic (exact) mass is 341 g/mol. The molecule has 0 unspecified atom stereocenters. The predicted octanol–water partition coefficient (Wildman–Crippen LogP) is 3.63.